The molecule has 20 nitrogen and oxygen atoms in total. The van der Waals surface area contributed by atoms with Crippen molar-refractivity contribution in [1.29, 1.82) is 0 Å². The van der Waals surface area contributed by atoms with Crippen molar-refractivity contribution in [2.75, 3.05) is 84.8 Å². The number of pyridine rings is 2. The summed E-state index contributed by atoms with van der Waals surface area (Å²) in [5, 5.41) is 25.7. The van der Waals surface area contributed by atoms with Gasteiger partial charge >= 0.3 is 0 Å². The zero-order valence-electron chi connectivity index (χ0n) is 36.7. The average Bonchev–Trinajstić information content (AvgIpc) is 4.13. The van der Waals surface area contributed by atoms with Gasteiger partial charge in [-0.3, -0.25) is 14.1 Å². The molecule has 9 heterocycles. The van der Waals surface area contributed by atoms with Crippen LogP contribution in [0.15, 0.2) is 122 Å². The van der Waals surface area contributed by atoms with Crippen molar-refractivity contribution >= 4 is 62.3 Å². The second-order valence-electron chi connectivity index (χ2n) is 16.5. The topological polar surface area (TPSA) is 219 Å². The van der Waals surface area contributed by atoms with Crippen LogP contribution in [0.1, 0.15) is 0 Å². The minimum Gasteiger partial charge on any atom is -0.508 e. The van der Waals surface area contributed by atoms with Crippen LogP contribution < -0.4 is 30.1 Å². The van der Waals surface area contributed by atoms with Gasteiger partial charge in [0.1, 0.15) is 35.5 Å². The molecule has 0 amide bonds. The standard InChI is InChI=1S/C48H43N17O3/c1-68-46-38(64-29-51-40-42(49)54-47(55-43(40)64)61-23-19-59(20-24-61)30-8-12-33(66)13-9-30)17-16-36(53-46)39-35-6-2-3-7-37(35)65(58-39)45-41-44(63(28-52-41)32-5-4-18-50-27-32)56-48(57-45)62-25-21-60(22-26-62)31-10-14-34(67)15-11-31/h2-18,27-29,66-67H,19-26H2,1H3,(H2,49,54,55). The first-order chi connectivity index (χ1) is 33.4. The Morgan fingerprint density at radius 2 is 1.18 bits per heavy atom. The predicted molar refractivity (Wildman–Crippen MR) is 259 cm³/mol. The van der Waals surface area contributed by atoms with Gasteiger partial charge in [-0.1, -0.05) is 18.2 Å². The number of methoxy groups -OCH3 is 1. The van der Waals surface area contributed by atoms with E-state index in [0.29, 0.717) is 89.2 Å². The summed E-state index contributed by atoms with van der Waals surface area (Å²) in [4.78, 5) is 47.8. The minimum atomic E-state index is 0.238. The largest absolute Gasteiger partial charge is 0.508 e. The normalized spacial score (nSPS) is 14.4. The lowest BCUT2D eigenvalue weighted by Gasteiger charge is -2.36. The molecule has 2 saturated heterocycles. The van der Waals surface area contributed by atoms with Crippen LogP contribution in [0, 0.1) is 0 Å². The first-order valence-corrected chi connectivity index (χ1v) is 22.1. The summed E-state index contributed by atoms with van der Waals surface area (Å²) in [5.41, 5.74) is 14.2. The van der Waals surface area contributed by atoms with E-state index >= 15 is 0 Å². The number of fused-ring (bicyclic) bond motifs is 3. The minimum absolute atomic E-state index is 0.238. The zero-order valence-corrected chi connectivity index (χ0v) is 36.7. The molecular weight excluding hydrogens is 863 g/mol. The van der Waals surface area contributed by atoms with Gasteiger partial charge in [-0.15, -0.1) is 0 Å². The molecule has 2 fully saturated rings. The molecule has 2 aliphatic rings. The molecule has 7 aromatic heterocycles. The van der Waals surface area contributed by atoms with Gasteiger partial charge in [0.25, 0.3) is 0 Å². The molecule has 0 bridgehead atoms. The van der Waals surface area contributed by atoms with E-state index in [2.05, 4.69) is 34.6 Å². The molecule has 68 heavy (non-hydrogen) atoms. The van der Waals surface area contributed by atoms with E-state index in [0.717, 1.165) is 54.1 Å². The van der Waals surface area contributed by atoms with Crippen LogP contribution in [0.5, 0.6) is 17.4 Å². The second-order valence-corrected chi connectivity index (χ2v) is 16.5. The van der Waals surface area contributed by atoms with E-state index in [4.69, 9.17) is 40.5 Å². The fourth-order valence-electron chi connectivity index (χ4n) is 9.05. The number of benzene rings is 3. The lowest BCUT2D eigenvalue weighted by atomic mass is 10.1. The number of phenols is 2. The summed E-state index contributed by atoms with van der Waals surface area (Å²) < 4.78 is 11.5. The van der Waals surface area contributed by atoms with Crippen LogP contribution in [0.2, 0.25) is 0 Å². The van der Waals surface area contributed by atoms with Gasteiger partial charge in [-0.05, 0) is 78.9 Å². The quantitative estimate of drug-likeness (QED) is 0.165. The van der Waals surface area contributed by atoms with Gasteiger partial charge in [0, 0.05) is 75.3 Å². The number of hydrogen-bond acceptors (Lipinski definition) is 17. The maximum atomic E-state index is 9.87. The van der Waals surface area contributed by atoms with Gasteiger partial charge in [-0.25, -0.2) is 19.6 Å². The smallest absolute Gasteiger partial charge is 0.238 e. The van der Waals surface area contributed by atoms with E-state index in [9.17, 15) is 10.2 Å². The molecule has 4 N–H and O–H groups in total. The van der Waals surface area contributed by atoms with Gasteiger partial charge in [0.2, 0.25) is 17.8 Å². The number of nitrogens with two attached hydrogens (primary N) is 1. The second kappa shape index (κ2) is 16.4. The molecule has 12 rings (SSSR count). The highest BCUT2D eigenvalue weighted by Gasteiger charge is 2.27. The fraction of sp³-hybridized carbons (Fsp3) is 0.188. The number of aromatic nitrogens is 12. The van der Waals surface area contributed by atoms with Gasteiger partial charge in [0.15, 0.2) is 34.0 Å². The van der Waals surface area contributed by atoms with Crippen molar-refractivity contribution in [2.24, 2.45) is 0 Å². The van der Waals surface area contributed by atoms with Gasteiger partial charge in [0.05, 0.1) is 30.2 Å². The highest BCUT2D eigenvalue weighted by molar-refractivity contribution is 5.95. The molecule has 0 spiro atoms. The summed E-state index contributed by atoms with van der Waals surface area (Å²) >= 11 is 0. The summed E-state index contributed by atoms with van der Waals surface area (Å²) in [7, 11) is 1.58. The van der Waals surface area contributed by atoms with E-state index in [1.807, 2.05) is 86.6 Å². The maximum Gasteiger partial charge on any atom is 0.238 e. The number of hydrogen-bond donors (Lipinski definition) is 3. The summed E-state index contributed by atoms with van der Waals surface area (Å²) in [6.07, 6.45) is 6.91. The van der Waals surface area contributed by atoms with Crippen molar-refractivity contribution in [1.82, 2.24) is 58.8 Å². The number of rotatable bonds is 9. The zero-order chi connectivity index (χ0) is 45.9. The van der Waals surface area contributed by atoms with Crippen LogP contribution in [0.3, 0.4) is 0 Å². The Kier molecular flexibility index (Phi) is 9.77. The number of para-hydroxylation sites is 1. The third-order valence-corrected chi connectivity index (χ3v) is 12.6. The van der Waals surface area contributed by atoms with Crippen molar-refractivity contribution in [3.8, 4) is 46.0 Å². The molecule has 0 unspecified atom stereocenters. The van der Waals surface area contributed by atoms with Crippen molar-refractivity contribution in [3.63, 3.8) is 0 Å². The molecule has 0 aliphatic carbocycles. The molecule has 0 saturated carbocycles. The highest BCUT2D eigenvalue weighted by Crippen LogP contribution is 2.35. The Labute approximate surface area is 387 Å². The number of phenolic OH excluding ortho intramolecular Hbond substituents is 2. The van der Waals surface area contributed by atoms with Crippen LogP contribution >= 0.6 is 0 Å². The average molecular weight is 906 g/mol. The number of ether oxygens (including phenoxy) is 1. The van der Waals surface area contributed by atoms with E-state index in [-0.39, 0.29) is 17.3 Å². The van der Waals surface area contributed by atoms with Crippen LogP contribution in [-0.4, -0.2) is 128 Å². The fourth-order valence-corrected chi connectivity index (χ4v) is 9.05. The van der Waals surface area contributed by atoms with Crippen LogP contribution in [0.25, 0.3) is 61.8 Å². The summed E-state index contributed by atoms with van der Waals surface area (Å²) in [5.74, 6) is 2.64. The van der Waals surface area contributed by atoms with E-state index in [1.54, 1.807) is 56.4 Å². The number of piperazine rings is 2. The molecule has 3 aromatic carbocycles. The molecule has 10 aromatic rings. The summed E-state index contributed by atoms with van der Waals surface area (Å²) in [6.45, 7) is 5.64. The Balaban J connectivity index is 0.899. The molecular formula is C48H43N17O3. The lowest BCUT2D eigenvalue weighted by molar-refractivity contribution is 0.396. The summed E-state index contributed by atoms with van der Waals surface area (Å²) in [6, 6.07) is 30.2. The molecule has 338 valence electrons. The monoisotopic (exact) mass is 905 g/mol. The Hall–Kier alpha value is -9.07. The third-order valence-electron chi connectivity index (χ3n) is 12.6. The predicted octanol–water partition coefficient (Wildman–Crippen LogP) is 5.40. The SMILES string of the molecule is COc1nc(-c2nn(-c3nc(N4CCN(c5ccc(O)cc5)CC4)nc4c3ncn4-c3cccnc3)c3ccccc23)ccc1-n1cnc2c(N)nc(N3CCN(c4ccc(O)cc4)CC3)nc21. The van der Waals surface area contributed by atoms with Crippen LogP contribution in [-0.2, 0) is 0 Å². The number of aromatic hydroxyl groups is 2. The van der Waals surface area contributed by atoms with Crippen LogP contribution in [0.4, 0.5) is 29.1 Å². The number of imidazole rings is 2. The Bertz CT molecular complexity index is 3470. The van der Waals surface area contributed by atoms with E-state index in [1.165, 1.54) is 0 Å². The first kappa shape index (κ1) is 40.4. The van der Waals surface area contributed by atoms with Crippen molar-refractivity contribution < 1.29 is 14.9 Å². The van der Waals surface area contributed by atoms with Gasteiger partial charge < -0.3 is 40.3 Å². The van der Waals surface area contributed by atoms with Crippen molar-refractivity contribution in [2.45, 2.75) is 0 Å². The molecule has 20 heteroatoms. The highest BCUT2D eigenvalue weighted by atomic mass is 16.5. The van der Waals surface area contributed by atoms with E-state index < -0.39 is 0 Å². The van der Waals surface area contributed by atoms with Gasteiger partial charge in [-0.2, -0.15) is 25.0 Å². The number of nitrogens with zero attached hydrogens (tertiary/aromatic N) is 16. The Morgan fingerprint density at radius 3 is 1.82 bits per heavy atom. The lowest BCUT2D eigenvalue weighted by Crippen LogP contribution is -2.47. The molecule has 0 radical (unpaired) electrons. The first-order valence-electron chi connectivity index (χ1n) is 22.1. The number of anilines is 5. The molecule has 0 atom stereocenters. The maximum absolute atomic E-state index is 9.87. The number of nitrogen functional groups attached to an aromatic ring is 1. The Morgan fingerprint density at radius 1 is 0.574 bits per heavy atom. The molecule has 2 aliphatic heterocycles. The third kappa shape index (κ3) is 7.05. The van der Waals surface area contributed by atoms with Crippen molar-refractivity contribution in [3.05, 3.63) is 122 Å².